The van der Waals surface area contributed by atoms with Crippen LogP contribution in [0.1, 0.15) is 12.0 Å². The molecule has 2 aromatic rings. The fraction of sp³-hybridized carbons (Fsp3) is 0.100. The van der Waals surface area contributed by atoms with Gasteiger partial charge in [-0.25, -0.2) is 8.78 Å². The second-order valence-electron chi connectivity index (χ2n) is 3.19. The number of nitrogens with zero attached hydrogens (tertiary/aromatic N) is 1. The number of nitrogen functional groups attached to an aromatic ring is 1. The number of hydrogen-bond acceptors (Lipinski definition) is 4. The molecular formula is C10H8F2N2O2. The first kappa shape index (κ1) is 10.4. The molecule has 4 nitrogen and oxygen atoms in total. The maximum atomic E-state index is 12.4. The summed E-state index contributed by atoms with van der Waals surface area (Å²) in [5, 5.41) is 12.9. The van der Waals surface area contributed by atoms with E-state index in [0.29, 0.717) is 0 Å². The van der Waals surface area contributed by atoms with E-state index < -0.39 is 6.43 Å². The predicted molar refractivity (Wildman–Crippen MR) is 53.0 cm³/mol. The van der Waals surface area contributed by atoms with Crippen LogP contribution in [-0.4, -0.2) is 10.3 Å². The second-order valence-corrected chi connectivity index (χ2v) is 3.19. The van der Waals surface area contributed by atoms with Gasteiger partial charge in [-0.05, 0) is 18.2 Å². The van der Waals surface area contributed by atoms with Gasteiger partial charge in [-0.2, -0.15) is 0 Å². The normalized spacial score (nSPS) is 10.9. The number of rotatable bonds is 2. The summed E-state index contributed by atoms with van der Waals surface area (Å²) in [6.45, 7) is 0. The molecule has 0 atom stereocenters. The molecule has 1 heterocycles. The van der Waals surface area contributed by atoms with Gasteiger partial charge in [0.15, 0.2) is 11.6 Å². The molecule has 0 amide bonds. The van der Waals surface area contributed by atoms with Crippen molar-refractivity contribution in [3.05, 3.63) is 29.8 Å². The molecule has 1 aromatic heterocycles. The van der Waals surface area contributed by atoms with Gasteiger partial charge >= 0.3 is 0 Å². The third kappa shape index (κ3) is 1.81. The van der Waals surface area contributed by atoms with Crippen molar-refractivity contribution in [2.75, 3.05) is 5.73 Å². The van der Waals surface area contributed by atoms with E-state index in [1.54, 1.807) is 0 Å². The third-order valence-electron chi connectivity index (χ3n) is 2.07. The average Bonchev–Trinajstić information content (AvgIpc) is 2.65. The van der Waals surface area contributed by atoms with Crippen LogP contribution in [0.3, 0.4) is 0 Å². The van der Waals surface area contributed by atoms with Gasteiger partial charge in [0, 0.05) is 11.6 Å². The third-order valence-corrected chi connectivity index (χ3v) is 2.07. The Morgan fingerprint density at radius 2 is 2.06 bits per heavy atom. The van der Waals surface area contributed by atoms with Crippen molar-refractivity contribution in [1.29, 1.82) is 0 Å². The molecule has 0 fully saturated rings. The first-order valence-electron chi connectivity index (χ1n) is 4.41. The molecule has 3 N–H and O–H groups in total. The van der Waals surface area contributed by atoms with E-state index >= 15 is 0 Å². The highest BCUT2D eigenvalue weighted by atomic mass is 19.3. The average molecular weight is 226 g/mol. The van der Waals surface area contributed by atoms with E-state index in [1.807, 2.05) is 0 Å². The van der Waals surface area contributed by atoms with Crippen molar-refractivity contribution in [1.82, 2.24) is 5.16 Å². The van der Waals surface area contributed by atoms with Gasteiger partial charge in [-0.3, -0.25) is 0 Å². The summed E-state index contributed by atoms with van der Waals surface area (Å²) in [5.74, 6) is 0.106. The van der Waals surface area contributed by atoms with E-state index in [0.717, 1.165) is 12.1 Å². The molecule has 1 aromatic carbocycles. The molecule has 0 saturated carbocycles. The molecule has 16 heavy (non-hydrogen) atoms. The van der Waals surface area contributed by atoms with Gasteiger partial charge in [0.1, 0.15) is 5.75 Å². The van der Waals surface area contributed by atoms with E-state index in [9.17, 15) is 13.9 Å². The summed E-state index contributed by atoms with van der Waals surface area (Å²) in [6, 6.07) is 4.81. The maximum absolute atomic E-state index is 12.4. The highest BCUT2D eigenvalue weighted by molar-refractivity contribution is 5.67. The monoisotopic (exact) mass is 226 g/mol. The smallest absolute Gasteiger partial charge is 0.263 e. The number of aromatic nitrogens is 1. The van der Waals surface area contributed by atoms with E-state index in [4.69, 9.17) is 10.3 Å². The topological polar surface area (TPSA) is 72.3 Å². The lowest BCUT2D eigenvalue weighted by molar-refractivity contribution is 0.151. The molecule has 0 aliphatic heterocycles. The van der Waals surface area contributed by atoms with Crippen molar-refractivity contribution < 1.29 is 18.4 Å². The number of alkyl halides is 2. The lowest BCUT2D eigenvalue weighted by Gasteiger charge is -2.04. The Morgan fingerprint density at radius 1 is 1.31 bits per heavy atom. The van der Waals surface area contributed by atoms with Crippen LogP contribution in [0.15, 0.2) is 28.8 Å². The first-order chi connectivity index (χ1) is 7.58. The minimum atomic E-state index is -2.61. The summed E-state index contributed by atoms with van der Waals surface area (Å²) in [5.41, 5.74) is 5.26. The van der Waals surface area contributed by atoms with Crippen LogP contribution in [0.2, 0.25) is 0 Å². The first-order valence-corrected chi connectivity index (χ1v) is 4.41. The van der Waals surface area contributed by atoms with Crippen LogP contribution in [-0.2, 0) is 0 Å². The van der Waals surface area contributed by atoms with Crippen molar-refractivity contribution in [3.63, 3.8) is 0 Å². The quantitative estimate of drug-likeness (QED) is 0.825. The van der Waals surface area contributed by atoms with Crippen molar-refractivity contribution in [2.24, 2.45) is 0 Å². The molecule has 0 aliphatic rings. The van der Waals surface area contributed by atoms with Crippen LogP contribution in [0.5, 0.6) is 5.75 Å². The van der Waals surface area contributed by atoms with Crippen LogP contribution in [0, 0.1) is 0 Å². The van der Waals surface area contributed by atoms with Gasteiger partial charge < -0.3 is 15.4 Å². The zero-order chi connectivity index (χ0) is 11.7. The van der Waals surface area contributed by atoms with Gasteiger partial charge in [0.25, 0.3) is 6.43 Å². The molecule has 0 saturated heterocycles. The Labute approximate surface area is 89.3 Å². The minimum absolute atomic E-state index is 0.122. The number of benzene rings is 1. The second kappa shape index (κ2) is 3.80. The molecule has 0 aliphatic carbocycles. The van der Waals surface area contributed by atoms with Crippen LogP contribution in [0.4, 0.5) is 14.6 Å². The van der Waals surface area contributed by atoms with Crippen molar-refractivity contribution in [2.45, 2.75) is 6.43 Å². The Kier molecular flexibility index (Phi) is 2.47. The number of aromatic hydroxyl groups is 1. The van der Waals surface area contributed by atoms with E-state index in [-0.39, 0.29) is 28.5 Å². The Bertz CT molecular complexity index is 511. The van der Waals surface area contributed by atoms with Gasteiger partial charge in [0.2, 0.25) is 0 Å². The highest BCUT2D eigenvalue weighted by Gasteiger charge is 2.14. The molecule has 0 radical (unpaired) electrons. The Morgan fingerprint density at radius 3 is 2.62 bits per heavy atom. The number of nitrogens with two attached hydrogens (primary N) is 1. The number of hydrogen-bond donors (Lipinski definition) is 2. The summed E-state index contributed by atoms with van der Waals surface area (Å²) < 4.78 is 29.7. The molecule has 2 rings (SSSR count). The SMILES string of the molecule is Nc1cc(-c2cc(C(F)F)ccc2O)on1. The largest absolute Gasteiger partial charge is 0.507 e. The summed E-state index contributed by atoms with van der Waals surface area (Å²) >= 11 is 0. The summed E-state index contributed by atoms with van der Waals surface area (Å²) in [6.07, 6.45) is -2.61. The number of anilines is 1. The van der Waals surface area contributed by atoms with Crippen LogP contribution in [0.25, 0.3) is 11.3 Å². The van der Waals surface area contributed by atoms with Crippen LogP contribution >= 0.6 is 0 Å². The number of phenolic OH excluding ortho intramolecular Hbond substituents is 1. The predicted octanol–water partition coefficient (Wildman–Crippen LogP) is 2.57. The van der Waals surface area contributed by atoms with Crippen molar-refractivity contribution in [3.8, 4) is 17.1 Å². The lowest BCUT2D eigenvalue weighted by Crippen LogP contribution is -1.85. The van der Waals surface area contributed by atoms with E-state index in [2.05, 4.69) is 5.16 Å². The van der Waals surface area contributed by atoms with Gasteiger partial charge in [0.05, 0.1) is 5.56 Å². The zero-order valence-corrected chi connectivity index (χ0v) is 8.02. The molecule has 6 heteroatoms. The van der Waals surface area contributed by atoms with E-state index in [1.165, 1.54) is 12.1 Å². The molecule has 84 valence electrons. The molecule has 0 bridgehead atoms. The minimum Gasteiger partial charge on any atom is -0.507 e. The fourth-order valence-corrected chi connectivity index (χ4v) is 1.30. The standard InChI is InChI=1S/C10H8F2N2O2/c11-10(12)5-1-2-7(15)6(3-5)8-4-9(13)14-16-8/h1-4,10,15H,(H2,13,14). The highest BCUT2D eigenvalue weighted by Crippen LogP contribution is 2.33. The maximum Gasteiger partial charge on any atom is 0.263 e. The molecular weight excluding hydrogens is 218 g/mol. The summed E-state index contributed by atoms with van der Waals surface area (Å²) in [4.78, 5) is 0. The molecule has 0 unspecified atom stereocenters. The van der Waals surface area contributed by atoms with Gasteiger partial charge in [-0.15, -0.1) is 0 Å². The Hall–Kier alpha value is -2.11. The number of halogens is 2. The van der Waals surface area contributed by atoms with Gasteiger partial charge in [-0.1, -0.05) is 5.16 Å². The molecule has 0 spiro atoms. The Balaban J connectivity index is 2.51. The summed E-state index contributed by atoms with van der Waals surface area (Å²) in [7, 11) is 0. The van der Waals surface area contributed by atoms with Crippen molar-refractivity contribution >= 4 is 5.82 Å². The lowest BCUT2D eigenvalue weighted by atomic mass is 10.1. The number of phenols is 1. The van der Waals surface area contributed by atoms with Crippen LogP contribution < -0.4 is 5.73 Å². The zero-order valence-electron chi connectivity index (χ0n) is 8.02. The fourth-order valence-electron chi connectivity index (χ4n) is 1.30.